The summed E-state index contributed by atoms with van der Waals surface area (Å²) in [6.07, 6.45) is 5.49. The largest absolute Gasteiger partial charge is 0.505 e. The Labute approximate surface area is 215 Å². The summed E-state index contributed by atoms with van der Waals surface area (Å²) in [5.41, 5.74) is 0.875. The molecule has 2 aliphatic rings. The van der Waals surface area contributed by atoms with E-state index in [0.717, 1.165) is 28.4 Å². The molecule has 0 radical (unpaired) electrons. The Kier molecular flexibility index (Phi) is 7.67. The lowest BCUT2D eigenvalue weighted by atomic mass is 10.1. The lowest BCUT2D eigenvalue weighted by molar-refractivity contribution is -0.131. The number of aromatic hydroxyl groups is 1. The Morgan fingerprint density at radius 2 is 2.03 bits per heavy atom. The van der Waals surface area contributed by atoms with Gasteiger partial charge in [-0.2, -0.15) is 16.2 Å². The van der Waals surface area contributed by atoms with Crippen LogP contribution in [0.25, 0.3) is 11.0 Å². The van der Waals surface area contributed by atoms with Crippen LogP contribution in [0, 0.1) is 0 Å². The maximum absolute atomic E-state index is 13.8. The van der Waals surface area contributed by atoms with E-state index in [9.17, 15) is 32.3 Å². The van der Waals surface area contributed by atoms with Crippen LogP contribution in [0.5, 0.6) is 5.75 Å². The van der Waals surface area contributed by atoms with Crippen LogP contribution >= 0.6 is 11.8 Å². The summed E-state index contributed by atoms with van der Waals surface area (Å²) < 4.78 is 39.2. The Balaban J connectivity index is 1.68. The molecule has 4 rings (SSSR count). The van der Waals surface area contributed by atoms with E-state index in [1.807, 2.05) is 0 Å². The molecular weight excluding hydrogens is 523 g/mol. The third-order valence-corrected chi connectivity index (χ3v) is 7.92. The van der Waals surface area contributed by atoms with Crippen LogP contribution in [0.3, 0.4) is 0 Å². The van der Waals surface area contributed by atoms with Gasteiger partial charge in [0, 0.05) is 49.7 Å². The fraction of sp³-hybridized carbons (Fsp3) is 0.292. The smallest absolute Gasteiger partial charge is 0.268 e. The van der Waals surface area contributed by atoms with Crippen LogP contribution in [0.15, 0.2) is 63.4 Å². The fourth-order valence-electron chi connectivity index (χ4n) is 3.98. The first kappa shape index (κ1) is 26.4. The predicted octanol–water partition coefficient (Wildman–Crippen LogP) is 1.28. The number of amides is 2. The minimum absolute atomic E-state index is 0.0474. The van der Waals surface area contributed by atoms with Gasteiger partial charge in [0.2, 0.25) is 5.91 Å². The van der Waals surface area contributed by atoms with Gasteiger partial charge in [0.1, 0.15) is 17.6 Å². The normalized spacial score (nSPS) is 16.1. The molecular formula is C24H23FN4O6S2. The quantitative estimate of drug-likeness (QED) is 0.517. The number of allylic oxidation sites excluding steroid dienone is 3. The molecule has 2 aromatic heterocycles. The van der Waals surface area contributed by atoms with Crippen molar-refractivity contribution in [3.05, 3.63) is 74.5 Å². The summed E-state index contributed by atoms with van der Waals surface area (Å²) >= 11 is 1.72. The number of hydrogen-bond acceptors (Lipinski definition) is 8. The van der Waals surface area contributed by atoms with Crippen molar-refractivity contribution in [2.45, 2.75) is 6.54 Å². The first-order valence-corrected chi connectivity index (χ1v) is 14.2. The molecule has 0 unspecified atom stereocenters. The third kappa shape index (κ3) is 5.68. The van der Waals surface area contributed by atoms with E-state index in [1.54, 1.807) is 16.7 Å². The van der Waals surface area contributed by atoms with Gasteiger partial charge in [-0.05, 0) is 29.9 Å². The minimum Gasteiger partial charge on any atom is -0.505 e. The van der Waals surface area contributed by atoms with Crippen molar-refractivity contribution in [2.75, 3.05) is 37.4 Å². The minimum atomic E-state index is -3.87. The van der Waals surface area contributed by atoms with Gasteiger partial charge < -0.3 is 15.3 Å². The van der Waals surface area contributed by atoms with Crippen molar-refractivity contribution < 1.29 is 27.5 Å². The molecule has 1 aliphatic carbocycles. The van der Waals surface area contributed by atoms with Gasteiger partial charge in [-0.1, -0.05) is 5.73 Å². The molecule has 13 heteroatoms. The van der Waals surface area contributed by atoms with Crippen LogP contribution in [-0.2, 0) is 21.2 Å². The molecule has 1 saturated heterocycles. The number of pyridine rings is 2. The summed E-state index contributed by atoms with van der Waals surface area (Å²) in [6.45, 7) is 0.324. The van der Waals surface area contributed by atoms with E-state index in [2.05, 4.69) is 16.0 Å². The van der Waals surface area contributed by atoms with Crippen LogP contribution in [0.1, 0.15) is 10.4 Å². The second-order valence-corrected chi connectivity index (χ2v) is 11.5. The molecule has 0 aromatic carbocycles. The zero-order valence-corrected chi connectivity index (χ0v) is 21.4. The number of nitrogens with zero attached hydrogens (tertiary/aromatic N) is 3. The first-order chi connectivity index (χ1) is 17.6. The number of nitrogens with one attached hydrogen (secondary N) is 1. The third-order valence-electron chi connectivity index (χ3n) is 5.80. The van der Waals surface area contributed by atoms with Crippen molar-refractivity contribution in [3.63, 3.8) is 0 Å². The SMILES string of the molecule is CS(=O)(=O)C1=CC(F)=C=CC=C1CNC(=O)c1c(O)c2ncccc2n(CC(=O)N2CCSCC2)c1=O. The molecule has 3 heterocycles. The van der Waals surface area contributed by atoms with Crippen molar-refractivity contribution in [1.82, 2.24) is 19.8 Å². The lowest BCUT2D eigenvalue weighted by Gasteiger charge is -2.27. The first-order valence-electron chi connectivity index (χ1n) is 11.2. The van der Waals surface area contributed by atoms with Gasteiger partial charge in [0.25, 0.3) is 11.5 Å². The van der Waals surface area contributed by atoms with Crippen LogP contribution in [-0.4, -0.2) is 77.2 Å². The Bertz CT molecular complexity index is 1580. The van der Waals surface area contributed by atoms with Gasteiger partial charge >= 0.3 is 0 Å². The molecule has 37 heavy (non-hydrogen) atoms. The average Bonchev–Trinajstić information content (AvgIpc) is 3.07. The number of fused-ring (bicyclic) bond motifs is 1. The van der Waals surface area contributed by atoms with Gasteiger partial charge in [0.05, 0.1) is 10.4 Å². The number of rotatable bonds is 6. The van der Waals surface area contributed by atoms with E-state index < -0.39 is 45.0 Å². The maximum atomic E-state index is 13.8. The highest BCUT2D eigenvalue weighted by atomic mass is 32.2. The molecule has 0 atom stereocenters. The van der Waals surface area contributed by atoms with Crippen molar-refractivity contribution in [3.8, 4) is 5.75 Å². The fourth-order valence-corrected chi connectivity index (χ4v) is 5.82. The van der Waals surface area contributed by atoms with E-state index >= 15 is 0 Å². The molecule has 2 aromatic rings. The van der Waals surface area contributed by atoms with Crippen LogP contribution < -0.4 is 10.9 Å². The Morgan fingerprint density at radius 3 is 2.73 bits per heavy atom. The highest BCUT2D eigenvalue weighted by Gasteiger charge is 2.26. The summed E-state index contributed by atoms with van der Waals surface area (Å²) in [7, 11) is -3.87. The van der Waals surface area contributed by atoms with Crippen molar-refractivity contribution in [2.24, 2.45) is 0 Å². The van der Waals surface area contributed by atoms with E-state index in [0.29, 0.717) is 13.1 Å². The standard InChI is InChI=1S/C24H23FN4O6S2/c1-37(34,35)18-12-16(25)5-2-4-15(18)13-27-23(32)20-22(31)21-17(6-3-7-26-21)29(24(20)33)14-19(30)28-8-10-36-11-9-28/h2-4,6-7,12,31H,8-11,13-14H2,1H3,(H,27,32). The number of carbonyl (C=O) groups is 2. The number of sulfone groups is 1. The average molecular weight is 547 g/mol. The number of thioether (sulfide) groups is 1. The molecule has 2 amide bonds. The van der Waals surface area contributed by atoms with E-state index in [4.69, 9.17) is 0 Å². The van der Waals surface area contributed by atoms with Crippen molar-refractivity contribution >= 4 is 44.4 Å². The summed E-state index contributed by atoms with van der Waals surface area (Å²) in [5, 5.41) is 13.2. The molecule has 1 fully saturated rings. The Hall–Kier alpha value is -3.67. The number of carbonyl (C=O) groups excluding carboxylic acids is 2. The monoisotopic (exact) mass is 546 g/mol. The molecule has 0 saturated carbocycles. The zero-order chi connectivity index (χ0) is 26.7. The van der Waals surface area contributed by atoms with Gasteiger partial charge in [0.15, 0.2) is 21.4 Å². The number of aromatic nitrogens is 2. The van der Waals surface area contributed by atoms with E-state index in [1.165, 1.54) is 30.5 Å². The molecule has 2 N–H and O–H groups in total. The van der Waals surface area contributed by atoms with Crippen LogP contribution in [0.4, 0.5) is 4.39 Å². The Morgan fingerprint density at radius 1 is 1.30 bits per heavy atom. The summed E-state index contributed by atoms with van der Waals surface area (Å²) in [4.78, 5) is 44.8. The predicted molar refractivity (Wildman–Crippen MR) is 138 cm³/mol. The summed E-state index contributed by atoms with van der Waals surface area (Å²) in [5.74, 6) is -1.34. The topological polar surface area (TPSA) is 139 Å². The van der Waals surface area contributed by atoms with Gasteiger partial charge in [-0.25, -0.2) is 8.42 Å². The number of hydrogen-bond donors (Lipinski definition) is 2. The molecule has 1 aliphatic heterocycles. The summed E-state index contributed by atoms with van der Waals surface area (Å²) in [6, 6.07) is 3.05. The van der Waals surface area contributed by atoms with Gasteiger partial charge in [-0.15, -0.1) is 0 Å². The second-order valence-electron chi connectivity index (χ2n) is 8.29. The van der Waals surface area contributed by atoms with Crippen LogP contribution in [0.2, 0.25) is 0 Å². The molecule has 0 bridgehead atoms. The highest BCUT2D eigenvalue weighted by molar-refractivity contribution is 7.99. The number of halogens is 1. The molecule has 10 nitrogen and oxygen atoms in total. The second kappa shape index (κ2) is 10.8. The van der Waals surface area contributed by atoms with Crippen molar-refractivity contribution in [1.29, 1.82) is 0 Å². The van der Waals surface area contributed by atoms with Gasteiger partial charge in [-0.3, -0.25) is 23.9 Å². The van der Waals surface area contributed by atoms with E-state index in [-0.39, 0.29) is 34.0 Å². The molecule has 0 spiro atoms. The lowest BCUT2D eigenvalue weighted by Crippen LogP contribution is -2.42. The zero-order valence-electron chi connectivity index (χ0n) is 19.7. The highest BCUT2D eigenvalue weighted by Crippen LogP contribution is 2.25. The molecule has 194 valence electrons. The maximum Gasteiger partial charge on any atom is 0.268 e.